The molecule has 8 heteroatoms. The highest BCUT2D eigenvalue weighted by atomic mass is 16.5. The number of ether oxygens (including phenoxy) is 1. The zero-order valence-electron chi connectivity index (χ0n) is 17.1. The summed E-state index contributed by atoms with van der Waals surface area (Å²) >= 11 is 0. The third-order valence-corrected chi connectivity index (χ3v) is 6.09. The van der Waals surface area contributed by atoms with Crippen molar-refractivity contribution in [2.75, 3.05) is 13.1 Å². The second-order valence-electron chi connectivity index (χ2n) is 8.76. The maximum atomic E-state index is 13.0. The molecule has 4 rings (SSSR count). The molecule has 0 radical (unpaired) electrons. The average molecular weight is 402 g/mol. The summed E-state index contributed by atoms with van der Waals surface area (Å²) in [5, 5.41) is 13.3. The largest absolute Gasteiger partial charge is 0.391 e. The van der Waals surface area contributed by atoms with E-state index in [0.717, 1.165) is 18.7 Å². The van der Waals surface area contributed by atoms with Crippen molar-refractivity contribution in [3.05, 3.63) is 23.8 Å². The molecule has 2 aliphatic carbocycles. The predicted octanol–water partition coefficient (Wildman–Crippen LogP) is 1.25. The van der Waals surface area contributed by atoms with Crippen LogP contribution in [0.3, 0.4) is 0 Å². The van der Waals surface area contributed by atoms with Crippen LogP contribution in [0, 0.1) is 5.92 Å². The number of amides is 2. The number of aliphatic hydroxyl groups excluding tert-OH is 1. The van der Waals surface area contributed by atoms with Gasteiger partial charge in [-0.25, -0.2) is 9.97 Å². The Morgan fingerprint density at radius 2 is 1.76 bits per heavy atom. The predicted molar refractivity (Wildman–Crippen MR) is 105 cm³/mol. The Morgan fingerprint density at radius 3 is 2.38 bits per heavy atom. The van der Waals surface area contributed by atoms with E-state index in [-0.39, 0.29) is 29.9 Å². The molecule has 1 aromatic rings. The summed E-state index contributed by atoms with van der Waals surface area (Å²) < 4.78 is 5.72. The van der Waals surface area contributed by atoms with E-state index in [2.05, 4.69) is 15.3 Å². The Bertz CT molecular complexity index is 742. The number of morpholine rings is 1. The van der Waals surface area contributed by atoms with Gasteiger partial charge in [-0.3, -0.25) is 9.59 Å². The lowest BCUT2D eigenvalue weighted by Gasteiger charge is -2.40. The fourth-order valence-electron chi connectivity index (χ4n) is 4.41. The first-order valence-electron chi connectivity index (χ1n) is 10.7. The molecule has 5 atom stereocenters. The molecule has 1 aromatic heterocycles. The maximum absolute atomic E-state index is 13.0. The van der Waals surface area contributed by atoms with E-state index in [1.807, 2.05) is 18.7 Å². The van der Waals surface area contributed by atoms with E-state index in [9.17, 15) is 14.7 Å². The number of hydrogen-bond donors (Lipinski definition) is 2. The average Bonchev–Trinajstić information content (AvgIpc) is 3.54. The van der Waals surface area contributed by atoms with Crippen molar-refractivity contribution >= 4 is 11.8 Å². The summed E-state index contributed by atoms with van der Waals surface area (Å²) in [5.41, 5.74) is 0.380. The summed E-state index contributed by atoms with van der Waals surface area (Å²) in [4.78, 5) is 36.1. The van der Waals surface area contributed by atoms with Crippen LogP contribution in [0.25, 0.3) is 0 Å². The van der Waals surface area contributed by atoms with Crippen molar-refractivity contribution in [2.24, 2.45) is 5.92 Å². The molecule has 2 N–H and O–H groups in total. The lowest BCUT2D eigenvalue weighted by atomic mass is 9.82. The molecule has 3 aliphatic rings. The Balaban J connectivity index is 1.36. The molecule has 8 nitrogen and oxygen atoms in total. The third-order valence-electron chi connectivity index (χ3n) is 6.09. The van der Waals surface area contributed by atoms with Crippen LogP contribution in [0.5, 0.6) is 0 Å². The molecule has 158 valence electrons. The van der Waals surface area contributed by atoms with E-state index in [0.29, 0.717) is 43.8 Å². The van der Waals surface area contributed by atoms with E-state index < -0.39 is 12.1 Å². The van der Waals surface area contributed by atoms with Gasteiger partial charge in [0, 0.05) is 37.3 Å². The molecule has 2 saturated carbocycles. The number of hydrogen-bond acceptors (Lipinski definition) is 6. The number of carbonyl (C=O) groups excluding carboxylic acids is 2. The van der Waals surface area contributed by atoms with Crippen molar-refractivity contribution in [1.29, 1.82) is 0 Å². The number of nitrogens with zero attached hydrogens (tertiary/aromatic N) is 3. The van der Waals surface area contributed by atoms with Crippen molar-refractivity contribution in [3.63, 3.8) is 0 Å². The van der Waals surface area contributed by atoms with Crippen LogP contribution in [0.4, 0.5) is 0 Å². The molecule has 0 unspecified atom stereocenters. The molecule has 1 saturated heterocycles. The number of aliphatic hydroxyl groups is 1. The minimum Gasteiger partial charge on any atom is -0.391 e. The van der Waals surface area contributed by atoms with E-state index in [1.54, 1.807) is 12.4 Å². The third kappa shape index (κ3) is 4.75. The Morgan fingerprint density at radius 1 is 1.10 bits per heavy atom. The van der Waals surface area contributed by atoms with Crippen molar-refractivity contribution in [1.82, 2.24) is 20.2 Å². The van der Waals surface area contributed by atoms with Gasteiger partial charge in [0.25, 0.3) is 5.91 Å². The van der Waals surface area contributed by atoms with Gasteiger partial charge in [0.15, 0.2) is 0 Å². The summed E-state index contributed by atoms with van der Waals surface area (Å²) in [6, 6.07) is -0.454. The second kappa shape index (κ2) is 8.36. The Kier molecular flexibility index (Phi) is 5.83. The van der Waals surface area contributed by atoms with Gasteiger partial charge in [-0.2, -0.15) is 0 Å². The number of aromatic nitrogens is 2. The minimum atomic E-state index is -0.655. The van der Waals surface area contributed by atoms with Crippen molar-refractivity contribution in [2.45, 2.75) is 76.2 Å². The molecular formula is C21H30N4O4. The van der Waals surface area contributed by atoms with Crippen LogP contribution in [0.2, 0.25) is 0 Å². The van der Waals surface area contributed by atoms with Gasteiger partial charge in [0.2, 0.25) is 5.91 Å². The van der Waals surface area contributed by atoms with Gasteiger partial charge < -0.3 is 20.1 Å². The molecule has 2 heterocycles. The number of rotatable bonds is 4. The summed E-state index contributed by atoms with van der Waals surface area (Å²) in [6.07, 6.45) is 6.25. The van der Waals surface area contributed by atoms with Crippen LogP contribution in [-0.2, 0) is 9.53 Å². The Hall–Kier alpha value is -2.06. The van der Waals surface area contributed by atoms with Gasteiger partial charge in [-0.05, 0) is 46.0 Å². The topological polar surface area (TPSA) is 105 Å². The van der Waals surface area contributed by atoms with Gasteiger partial charge in [0.1, 0.15) is 5.82 Å². The molecule has 3 fully saturated rings. The van der Waals surface area contributed by atoms with Crippen LogP contribution >= 0.6 is 0 Å². The maximum Gasteiger partial charge on any atom is 0.254 e. The lowest BCUT2D eigenvalue weighted by molar-refractivity contribution is -0.149. The van der Waals surface area contributed by atoms with Crippen molar-refractivity contribution < 1.29 is 19.4 Å². The SMILES string of the molecule is C[C@@H]1CN(C(=O)[C@H]2CC[C@@H](O)[C@H](NC(=O)c3cnc(C4CC4)nc3)C2)C[C@H](C)O1. The molecular weight excluding hydrogens is 372 g/mol. The van der Waals surface area contributed by atoms with Crippen LogP contribution in [0.15, 0.2) is 12.4 Å². The highest BCUT2D eigenvalue weighted by Crippen LogP contribution is 2.37. The monoisotopic (exact) mass is 402 g/mol. The van der Waals surface area contributed by atoms with E-state index in [1.165, 1.54) is 0 Å². The lowest BCUT2D eigenvalue weighted by Crippen LogP contribution is -2.53. The standard InChI is InChI=1S/C21H30N4O4/c1-12-10-25(11-13(2)29-12)21(28)15-5-6-18(26)17(7-15)24-20(27)16-8-22-19(23-9-16)14-3-4-14/h8-9,12-15,17-18,26H,3-7,10-11H2,1-2H3,(H,24,27)/t12-,13+,15-,17+,18+/m0/s1. The van der Waals surface area contributed by atoms with Gasteiger partial charge in [-0.1, -0.05) is 0 Å². The zero-order valence-corrected chi connectivity index (χ0v) is 17.1. The summed E-state index contributed by atoms with van der Waals surface area (Å²) in [6.45, 7) is 5.12. The van der Waals surface area contributed by atoms with Gasteiger partial charge in [0.05, 0.1) is 29.9 Å². The molecule has 0 spiro atoms. The van der Waals surface area contributed by atoms with E-state index in [4.69, 9.17) is 4.74 Å². The first-order valence-corrected chi connectivity index (χ1v) is 10.7. The Labute approximate surface area is 171 Å². The summed E-state index contributed by atoms with van der Waals surface area (Å²) in [7, 11) is 0. The first-order chi connectivity index (χ1) is 13.9. The number of nitrogens with one attached hydrogen (secondary N) is 1. The van der Waals surface area contributed by atoms with Crippen LogP contribution in [-0.4, -0.2) is 69.2 Å². The first kappa shape index (κ1) is 20.2. The van der Waals surface area contributed by atoms with Crippen LogP contribution in [0.1, 0.15) is 68.1 Å². The molecule has 1 aliphatic heterocycles. The normalized spacial score (nSPS) is 32.7. The zero-order chi connectivity index (χ0) is 20.5. The quantitative estimate of drug-likeness (QED) is 0.785. The molecule has 29 heavy (non-hydrogen) atoms. The smallest absolute Gasteiger partial charge is 0.254 e. The van der Waals surface area contributed by atoms with E-state index >= 15 is 0 Å². The minimum absolute atomic E-state index is 0.0194. The van der Waals surface area contributed by atoms with Crippen LogP contribution < -0.4 is 5.32 Å². The van der Waals surface area contributed by atoms with Gasteiger partial charge >= 0.3 is 0 Å². The van der Waals surface area contributed by atoms with Crippen molar-refractivity contribution in [3.8, 4) is 0 Å². The molecule has 2 amide bonds. The van der Waals surface area contributed by atoms with Gasteiger partial charge in [-0.15, -0.1) is 0 Å². The molecule has 0 aromatic carbocycles. The fourth-order valence-corrected chi connectivity index (χ4v) is 4.41. The number of carbonyl (C=O) groups is 2. The fraction of sp³-hybridized carbons (Fsp3) is 0.714. The molecule has 0 bridgehead atoms. The highest BCUT2D eigenvalue weighted by Gasteiger charge is 2.37. The summed E-state index contributed by atoms with van der Waals surface area (Å²) in [5.74, 6) is 0.812. The second-order valence-corrected chi connectivity index (χ2v) is 8.76. The highest BCUT2D eigenvalue weighted by molar-refractivity contribution is 5.93.